The highest BCUT2D eigenvalue weighted by Gasteiger charge is 2.23. The summed E-state index contributed by atoms with van der Waals surface area (Å²) in [5.41, 5.74) is 0.864. The molecule has 5 heteroatoms. The molecule has 22 heavy (non-hydrogen) atoms. The van der Waals surface area contributed by atoms with Crippen molar-refractivity contribution < 1.29 is 14.3 Å². The lowest BCUT2D eigenvalue weighted by molar-refractivity contribution is -0.133. The van der Waals surface area contributed by atoms with Gasteiger partial charge in [0.25, 0.3) is 0 Å². The molecule has 0 bridgehead atoms. The van der Waals surface area contributed by atoms with Crippen LogP contribution >= 0.6 is 11.8 Å². The maximum absolute atomic E-state index is 12.3. The quantitative estimate of drug-likeness (QED) is 0.464. The van der Waals surface area contributed by atoms with E-state index in [-0.39, 0.29) is 0 Å². The van der Waals surface area contributed by atoms with Crippen LogP contribution in [0.25, 0.3) is 0 Å². The number of nitrogens with zero attached hydrogens (tertiary/aromatic N) is 1. The van der Waals surface area contributed by atoms with E-state index < -0.39 is 11.2 Å². The van der Waals surface area contributed by atoms with Crippen molar-refractivity contribution in [2.75, 3.05) is 7.11 Å². The molecule has 0 aromatic heterocycles. The second kappa shape index (κ2) is 8.11. The van der Waals surface area contributed by atoms with Gasteiger partial charge in [-0.1, -0.05) is 36.4 Å². The Morgan fingerprint density at radius 2 is 1.86 bits per heavy atom. The third-order valence-corrected chi connectivity index (χ3v) is 3.77. The number of methoxy groups -OCH3 is 1. The molecule has 0 saturated carbocycles. The fraction of sp³-hybridized carbons (Fsp3) is 0.176. The van der Waals surface area contributed by atoms with Crippen LogP contribution in [-0.4, -0.2) is 18.3 Å². The van der Waals surface area contributed by atoms with Gasteiger partial charge in [0.2, 0.25) is 0 Å². The van der Waals surface area contributed by atoms with Gasteiger partial charge in [-0.25, -0.2) is 0 Å². The number of para-hydroxylation sites is 2. The lowest BCUT2D eigenvalue weighted by atomic mass is 10.1. The number of hydrogen-bond donors (Lipinski definition) is 0. The van der Waals surface area contributed by atoms with Crippen LogP contribution in [-0.2, 0) is 11.2 Å². The first-order chi connectivity index (χ1) is 10.7. The molecule has 2 rings (SSSR count). The summed E-state index contributed by atoms with van der Waals surface area (Å²) in [6.45, 7) is 0. The minimum Gasteiger partial charge on any atom is -0.496 e. The Hall–Kier alpha value is -2.45. The molecule has 0 aliphatic carbocycles. The Morgan fingerprint density at radius 3 is 2.55 bits per heavy atom. The molecule has 0 amide bonds. The average Bonchev–Trinajstić information content (AvgIpc) is 2.56. The fourth-order valence-electron chi connectivity index (χ4n) is 1.98. The number of ether oxygens (including phenoxy) is 2. The molecule has 0 N–H and O–H groups in total. The number of esters is 1. The normalized spacial score (nSPS) is 11.3. The molecule has 4 nitrogen and oxygen atoms in total. The van der Waals surface area contributed by atoms with Crippen molar-refractivity contribution >= 4 is 17.7 Å². The molecular formula is C17H15NO3S. The summed E-state index contributed by atoms with van der Waals surface area (Å²) < 4.78 is 10.6. The van der Waals surface area contributed by atoms with Crippen LogP contribution in [0, 0.1) is 10.7 Å². The zero-order valence-corrected chi connectivity index (χ0v) is 12.9. The maximum Gasteiger partial charge on any atom is 0.325 e. The zero-order valence-electron chi connectivity index (χ0n) is 12.1. The molecule has 2 aromatic carbocycles. The zero-order chi connectivity index (χ0) is 15.8. The van der Waals surface area contributed by atoms with Crippen LogP contribution in [0.4, 0.5) is 0 Å². The number of benzene rings is 2. The Balaban J connectivity index is 2.12. The molecule has 0 saturated heterocycles. The van der Waals surface area contributed by atoms with Crippen molar-refractivity contribution in [3.8, 4) is 16.9 Å². The first kappa shape index (κ1) is 15.9. The lowest BCUT2D eigenvalue weighted by Gasteiger charge is -2.14. The summed E-state index contributed by atoms with van der Waals surface area (Å²) in [6, 6.07) is 16.2. The van der Waals surface area contributed by atoms with Gasteiger partial charge < -0.3 is 9.47 Å². The van der Waals surface area contributed by atoms with Crippen LogP contribution in [0.15, 0.2) is 54.6 Å². The number of carbonyl (C=O) groups excluding carboxylic acids is 1. The van der Waals surface area contributed by atoms with Gasteiger partial charge in [0.05, 0.1) is 7.11 Å². The second-order valence-electron chi connectivity index (χ2n) is 4.45. The smallest absolute Gasteiger partial charge is 0.325 e. The summed E-state index contributed by atoms with van der Waals surface area (Å²) in [5, 5.41) is 10.3. The third kappa shape index (κ3) is 4.27. The highest BCUT2D eigenvalue weighted by Crippen LogP contribution is 2.24. The number of rotatable bonds is 6. The molecule has 1 unspecified atom stereocenters. The summed E-state index contributed by atoms with van der Waals surface area (Å²) in [5.74, 6) is 0.721. The Morgan fingerprint density at radius 1 is 1.18 bits per heavy atom. The van der Waals surface area contributed by atoms with Gasteiger partial charge in [-0.05, 0) is 41.9 Å². The average molecular weight is 313 g/mol. The van der Waals surface area contributed by atoms with Crippen molar-refractivity contribution in [2.24, 2.45) is 0 Å². The first-order valence-corrected chi connectivity index (χ1v) is 7.56. The van der Waals surface area contributed by atoms with Crippen molar-refractivity contribution in [1.29, 1.82) is 5.26 Å². The van der Waals surface area contributed by atoms with Gasteiger partial charge in [0.15, 0.2) is 0 Å². The van der Waals surface area contributed by atoms with Crippen LogP contribution in [0.2, 0.25) is 0 Å². The number of thioether (sulfide) groups is 1. The van der Waals surface area contributed by atoms with E-state index in [0.717, 1.165) is 17.3 Å². The highest BCUT2D eigenvalue weighted by molar-refractivity contribution is 8.04. The van der Waals surface area contributed by atoms with E-state index in [4.69, 9.17) is 14.7 Å². The van der Waals surface area contributed by atoms with Crippen molar-refractivity contribution in [2.45, 2.75) is 11.7 Å². The summed E-state index contributed by atoms with van der Waals surface area (Å²) in [7, 11) is 1.58. The van der Waals surface area contributed by atoms with E-state index in [1.807, 2.05) is 35.7 Å². The van der Waals surface area contributed by atoms with E-state index in [1.54, 1.807) is 31.4 Å². The minimum absolute atomic E-state index is 0.369. The van der Waals surface area contributed by atoms with Crippen LogP contribution < -0.4 is 9.47 Å². The number of carbonyl (C=O) groups is 1. The van der Waals surface area contributed by atoms with E-state index in [0.29, 0.717) is 17.9 Å². The van der Waals surface area contributed by atoms with Gasteiger partial charge >= 0.3 is 5.97 Å². The van der Waals surface area contributed by atoms with E-state index in [9.17, 15) is 4.79 Å². The monoisotopic (exact) mass is 313 g/mol. The Bertz CT molecular complexity index is 667. The lowest BCUT2D eigenvalue weighted by Crippen LogP contribution is -2.25. The van der Waals surface area contributed by atoms with Crippen LogP contribution in [0.5, 0.6) is 11.5 Å². The third-order valence-electron chi connectivity index (χ3n) is 3.02. The standard InChI is InChI=1S/C17H15NO3S/c1-20-15-10-6-5-7-13(15)11-16(22-12-18)17(19)21-14-8-3-2-4-9-14/h2-10,16H,11H2,1H3. The van der Waals surface area contributed by atoms with E-state index >= 15 is 0 Å². The molecule has 0 radical (unpaired) electrons. The van der Waals surface area contributed by atoms with E-state index in [1.165, 1.54) is 0 Å². The van der Waals surface area contributed by atoms with Gasteiger partial charge in [-0.15, -0.1) is 0 Å². The Labute approximate surface area is 133 Å². The fourth-order valence-corrected chi connectivity index (χ4v) is 2.51. The van der Waals surface area contributed by atoms with Gasteiger partial charge in [0.1, 0.15) is 22.2 Å². The number of thiocyanates is 1. The predicted octanol–water partition coefficient (Wildman–Crippen LogP) is 3.43. The molecule has 0 fully saturated rings. The number of hydrogen-bond acceptors (Lipinski definition) is 5. The minimum atomic E-state index is -0.610. The summed E-state index contributed by atoms with van der Waals surface area (Å²) in [4.78, 5) is 12.3. The highest BCUT2D eigenvalue weighted by atomic mass is 32.2. The topological polar surface area (TPSA) is 59.3 Å². The Kier molecular flexibility index (Phi) is 5.87. The van der Waals surface area contributed by atoms with Crippen molar-refractivity contribution in [1.82, 2.24) is 0 Å². The molecule has 2 aromatic rings. The van der Waals surface area contributed by atoms with Gasteiger partial charge in [-0.3, -0.25) is 4.79 Å². The number of nitriles is 1. The molecule has 0 aliphatic heterocycles. The molecule has 1 atom stereocenters. The van der Waals surface area contributed by atoms with Crippen LogP contribution in [0.3, 0.4) is 0 Å². The molecular weight excluding hydrogens is 298 g/mol. The molecule has 0 aliphatic rings. The van der Waals surface area contributed by atoms with Crippen molar-refractivity contribution in [3.63, 3.8) is 0 Å². The maximum atomic E-state index is 12.3. The molecule has 0 heterocycles. The first-order valence-electron chi connectivity index (χ1n) is 6.68. The largest absolute Gasteiger partial charge is 0.496 e. The summed E-state index contributed by atoms with van der Waals surface area (Å²) >= 11 is 0.893. The SMILES string of the molecule is COc1ccccc1CC(SC#N)C(=O)Oc1ccccc1. The molecule has 112 valence electrons. The summed E-state index contributed by atoms with van der Waals surface area (Å²) in [6.07, 6.45) is 0.369. The predicted molar refractivity (Wildman–Crippen MR) is 85.8 cm³/mol. The second-order valence-corrected chi connectivity index (χ2v) is 5.44. The van der Waals surface area contributed by atoms with Crippen LogP contribution in [0.1, 0.15) is 5.56 Å². The van der Waals surface area contributed by atoms with Gasteiger partial charge in [-0.2, -0.15) is 5.26 Å². The van der Waals surface area contributed by atoms with Crippen molar-refractivity contribution in [3.05, 3.63) is 60.2 Å². The van der Waals surface area contributed by atoms with Gasteiger partial charge in [0, 0.05) is 0 Å². The molecule has 0 spiro atoms. The van der Waals surface area contributed by atoms with E-state index in [2.05, 4.69) is 0 Å².